The number of ether oxygens (including phenoxy) is 3. The number of primary amides is 1. The van der Waals surface area contributed by atoms with E-state index in [9.17, 15) is 24.0 Å². The molecule has 1 fully saturated rings. The number of nitrogens with zero attached hydrogens (tertiary/aromatic N) is 2. The van der Waals surface area contributed by atoms with Gasteiger partial charge in [-0.3, -0.25) is 19.3 Å². The Labute approximate surface area is 244 Å². The Hall–Kier alpha value is -3.34. The van der Waals surface area contributed by atoms with Gasteiger partial charge in [-0.05, 0) is 27.2 Å². The molecule has 3 rings (SSSR count). The van der Waals surface area contributed by atoms with Gasteiger partial charge in [0.25, 0.3) is 11.8 Å². The molecule has 1 saturated heterocycles. The van der Waals surface area contributed by atoms with E-state index in [1.165, 1.54) is 23.1 Å². The van der Waals surface area contributed by atoms with E-state index in [0.717, 1.165) is 4.90 Å². The molecule has 3 heterocycles. The molecular weight excluding hydrogens is 590 g/mol. The van der Waals surface area contributed by atoms with Crippen molar-refractivity contribution in [3.8, 4) is 0 Å². The molecule has 7 N–H and O–H groups in total. The summed E-state index contributed by atoms with van der Waals surface area (Å²) in [5.41, 5.74) is 10.7. The van der Waals surface area contributed by atoms with E-state index in [4.69, 9.17) is 25.7 Å². The lowest BCUT2D eigenvalue weighted by atomic mass is 9.98. The van der Waals surface area contributed by atoms with Gasteiger partial charge < -0.3 is 36.5 Å². The second kappa shape index (κ2) is 14.3. The fourth-order valence-corrected chi connectivity index (χ4v) is 5.40. The van der Waals surface area contributed by atoms with Gasteiger partial charge >= 0.3 is 18.0 Å². The number of rotatable bonds is 9. The minimum absolute atomic E-state index is 0. The molecule has 0 aromatic carbocycles. The molecule has 40 heavy (non-hydrogen) atoms. The van der Waals surface area contributed by atoms with Crippen LogP contribution in [0.4, 0.5) is 9.93 Å². The fraction of sp³-hybridized carbons (Fsp3) is 0.478. The monoisotopic (exact) mass is 621 g/mol. The molecular formula is C23H32ClN5O9S2. The van der Waals surface area contributed by atoms with Crippen molar-refractivity contribution in [2.24, 2.45) is 11.1 Å². The number of β-lactam (4-membered cyclic amide) rings is 1. The van der Waals surface area contributed by atoms with Crippen LogP contribution >= 0.6 is 35.5 Å². The van der Waals surface area contributed by atoms with Crippen LogP contribution in [0, 0.1) is 5.41 Å². The largest absolute Gasteiger partial charge is 0.445 e. The van der Waals surface area contributed by atoms with Crippen molar-refractivity contribution in [3.63, 3.8) is 0 Å². The Bertz CT molecular complexity index is 1210. The zero-order valence-electron chi connectivity index (χ0n) is 22.2. The predicted octanol–water partition coefficient (Wildman–Crippen LogP) is 0.955. The van der Waals surface area contributed by atoms with Crippen molar-refractivity contribution in [2.75, 3.05) is 24.9 Å². The fourth-order valence-electron chi connectivity index (χ4n) is 3.51. The number of carbonyl (C=O) groups excluding carboxylic acids is 5. The third-order valence-electron chi connectivity index (χ3n) is 5.36. The summed E-state index contributed by atoms with van der Waals surface area (Å²) >= 11 is 2.45. The number of nitrogen functional groups attached to an aromatic ring is 1. The second-order valence-electron chi connectivity index (χ2n) is 9.25. The van der Waals surface area contributed by atoms with Crippen LogP contribution in [0.1, 0.15) is 39.8 Å². The number of thioether (sulfide) groups is 1. The number of nitrogens with two attached hydrogens (primary N) is 2. The van der Waals surface area contributed by atoms with E-state index >= 15 is 0 Å². The molecule has 3 amide bonds. The molecule has 17 heteroatoms. The van der Waals surface area contributed by atoms with Crippen LogP contribution in [0.5, 0.6) is 0 Å². The number of allylic oxidation sites excluding steroid dienone is 1. The quantitative estimate of drug-likeness (QED) is 0.152. The molecule has 2 aliphatic rings. The van der Waals surface area contributed by atoms with Gasteiger partial charge in [0.15, 0.2) is 5.13 Å². The summed E-state index contributed by atoms with van der Waals surface area (Å²) < 4.78 is 14.9. The first-order valence-electron chi connectivity index (χ1n) is 11.5. The Morgan fingerprint density at radius 1 is 1.23 bits per heavy atom. The third kappa shape index (κ3) is 7.87. The van der Waals surface area contributed by atoms with E-state index in [1.54, 1.807) is 32.2 Å². The summed E-state index contributed by atoms with van der Waals surface area (Å²) in [5.74, 6) is -2.45. The van der Waals surface area contributed by atoms with Crippen LogP contribution in [0.15, 0.2) is 22.7 Å². The maximum absolute atomic E-state index is 13.1. The highest BCUT2D eigenvalue weighted by molar-refractivity contribution is 8.00. The minimum atomic E-state index is -1.06. The van der Waals surface area contributed by atoms with E-state index in [-0.39, 0.29) is 47.1 Å². The van der Waals surface area contributed by atoms with Crippen LogP contribution in [-0.4, -0.2) is 75.8 Å². The molecule has 0 aliphatic carbocycles. The normalized spacial score (nSPS) is 18.4. The zero-order valence-corrected chi connectivity index (χ0v) is 24.6. The number of hydrogen-bond acceptors (Lipinski definition) is 12. The van der Waals surface area contributed by atoms with Crippen molar-refractivity contribution in [1.82, 2.24) is 15.2 Å². The van der Waals surface area contributed by atoms with E-state index in [2.05, 4.69) is 10.3 Å². The number of thiazole rings is 1. The van der Waals surface area contributed by atoms with E-state index in [0.29, 0.717) is 17.2 Å². The third-order valence-corrected chi connectivity index (χ3v) is 7.37. The van der Waals surface area contributed by atoms with Crippen LogP contribution in [-0.2, 0) is 33.4 Å². The summed E-state index contributed by atoms with van der Waals surface area (Å²) in [4.78, 5) is 67.6. The van der Waals surface area contributed by atoms with Gasteiger partial charge in [0.2, 0.25) is 6.79 Å². The summed E-state index contributed by atoms with van der Waals surface area (Å²) in [6, 6.07) is -0.941. The van der Waals surface area contributed by atoms with E-state index < -0.39 is 53.5 Å². The molecule has 2 unspecified atom stereocenters. The van der Waals surface area contributed by atoms with Crippen LogP contribution in [0.3, 0.4) is 0 Å². The number of fused-ring (bicyclic) bond motifs is 1. The molecule has 2 atom stereocenters. The molecule has 0 bridgehead atoms. The number of halogens is 1. The van der Waals surface area contributed by atoms with Gasteiger partial charge in [-0.1, -0.05) is 13.0 Å². The molecule has 2 aliphatic heterocycles. The molecule has 1 aromatic rings. The molecule has 1 aromatic heterocycles. The van der Waals surface area contributed by atoms with Crippen LogP contribution in [0.25, 0.3) is 5.57 Å². The predicted molar refractivity (Wildman–Crippen MR) is 150 cm³/mol. The Kier molecular flexibility index (Phi) is 12.4. The van der Waals surface area contributed by atoms with Crippen LogP contribution < -0.4 is 16.8 Å². The molecule has 14 nitrogen and oxygen atoms in total. The van der Waals surface area contributed by atoms with Crippen molar-refractivity contribution in [3.05, 3.63) is 28.4 Å². The van der Waals surface area contributed by atoms with Crippen molar-refractivity contribution >= 4 is 76.1 Å². The number of aromatic nitrogens is 1. The van der Waals surface area contributed by atoms with E-state index in [1.807, 2.05) is 6.92 Å². The lowest BCUT2D eigenvalue weighted by Crippen LogP contribution is -2.70. The van der Waals surface area contributed by atoms with Gasteiger partial charge in [-0.2, -0.15) is 0 Å². The number of nitrogens with one attached hydrogen (secondary N) is 1. The summed E-state index contributed by atoms with van der Waals surface area (Å²) in [5, 5.41) is 4.03. The Morgan fingerprint density at radius 2 is 1.90 bits per heavy atom. The van der Waals surface area contributed by atoms with Gasteiger partial charge in [0.05, 0.1) is 16.7 Å². The molecule has 222 valence electrons. The van der Waals surface area contributed by atoms with Gasteiger partial charge in [-0.15, -0.1) is 35.5 Å². The molecule has 0 saturated carbocycles. The average molecular weight is 622 g/mol. The maximum Gasteiger partial charge on any atom is 0.404 e. The highest BCUT2D eigenvalue weighted by Crippen LogP contribution is 2.41. The Balaban J connectivity index is 0.00000400. The highest BCUT2D eigenvalue weighted by atomic mass is 35.5. The first-order chi connectivity index (χ1) is 17.8. The lowest BCUT2D eigenvalue weighted by molar-refractivity contribution is -0.173. The van der Waals surface area contributed by atoms with Crippen molar-refractivity contribution in [1.29, 1.82) is 0 Å². The summed E-state index contributed by atoms with van der Waals surface area (Å²) in [6.45, 7) is 5.74. The number of carbonyl (C=O) groups is 5. The summed E-state index contributed by atoms with van der Waals surface area (Å²) in [6.07, 6.45) is 1.17. The Morgan fingerprint density at radius 3 is 2.45 bits per heavy atom. The average Bonchev–Trinajstić information content (AvgIpc) is 3.28. The number of amides is 3. The second-order valence-corrected chi connectivity index (χ2v) is 11.2. The lowest BCUT2D eigenvalue weighted by Gasteiger charge is -2.49. The smallest absolute Gasteiger partial charge is 0.404 e. The minimum Gasteiger partial charge on any atom is -0.445 e. The van der Waals surface area contributed by atoms with Gasteiger partial charge in [0.1, 0.15) is 23.7 Å². The van der Waals surface area contributed by atoms with Crippen molar-refractivity contribution in [2.45, 2.75) is 45.5 Å². The SMILES string of the molecule is CC/C=C(/C(=O)NC1C(=O)N2C(C(=O)OCOC(=O)C(C)(C)C)=C(COC(N)=O)CSC12)c1csc(N)n1.Cl.O. The zero-order chi connectivity index (χ0) is 28.2. The number of esters is 2. The van der Waals surface area contributed by atoms with Crippen molar-refractivity contribution < 1.29 is 43.7 Å². The van der Waals surface area contributed by atoms with Crippen LogP contribution in [0.2, 0.25) is 0 Å². The first kappa shape index (κ1) is 34.7. The number of hydrogen-bond donors (Lipinski definition) is 3. The maximum atomic E-state index is 13.1. The standard InChI is InChI=1S/C23H29N5O8S2.ClH.H2O/c1-5-6-12(13-9-38-21(24)26-13)16(29)27-14-17(30)28-15(11(7-34-22(25)33)8-37-18(14)28)19(31)35-10-36-20(32)23(2,3)4;;/h6,9,14,18H,5,7-8,10H2,1-4H3,(H2,24,26)(H2,25,33)(H,27,29);1H;1H2/b12-6+;;. The topological polar surface area (TPSA) is 225 Å². The van der Waals surface area contributed by atoms with Gasteiger partial charge in [-0.25, -0.2) is 14.6 Å². The number of anilines is 1. The molecule has 0 radical (unpaired) electrons. The summed E-state index contributed by atoms with van der Waals surface area (Å²) in [7, 11) is 0. The molecule has 0 spiro atoms. The highest BCUT2D eigenvalue weighted by Gasteiger charge is 2.54. The first-order valence-corrected chi connectivity index (χ1v) is 13.4. The van der Waals surface area contributed by atoms with Gasteiger partial charge in [0, 0.05) is 16.7 Å².